The highest BCUT2D eigenvalue weighted by molar-refractivity contribution is 5.66. The number of carboxylic acids is 1. The highest BCUT2D eigenvalue weighted by Gasteiger charge is 2.31. The molecule has 0 rings (SSSR count). The largest absolute Gasteiger partial charge is 0.481 e. The molecule has 0 aromatic heterocycles. The summed E-state index contributed by atoms with van der Waals surface area (Å²) in [5.41, 5.74) is -0.533. The van der Waals surface area contributed by atoms with Crippen LogP contribution in [0.5, 0.6) is 0 Å². The lowest BCUT2D eigenvalue weighted by Gasteiger charge is -2.34. The minimum Gasteiger partial charge on any atom is -0.481 e. The molecule has 0 aliphatic heterocycles. The van der Waals surface area contributed by atoms with Gasteiger partial charge in [0.25, 0.3) is 0 Å². The van der Waals surface area contributed by atoms with Crippen LogP contribution in [-0.2, 0) is 19.0 Å². The summed E-state index contributed by atoms with van der Waals surface area (Å²) in [5.74, 6) is -0.779. The zero-order valence-corrected chi connectivity index (χ0v) is 46.2. The monoisotopic (exact) mass is 950 g/mol. The van der Waals surface area contributed by atoms with Crippen molar-refractivity contribution < 1.29 is 24.1 Å². The second kappa shape index (κ2) is 57.9. The normalized spacial score (nSPS) is 11.9. The average Bonchev–Trinajstić information content (AvgIpc) is 3.32. The molecule has 0 bridgehead atoms. The molecule has 0 aliphatic carbocycles. The molecule has 0 saturated carbocycles. The van der Waals surface area contributed by atoms with E-state index in [-0.39, 0.29) is 6.42 Å². The number of hydrogen-bond donors (Lipinski definition) is 2. The van der Waals surface area contributed by atoms with Crippen molar-refractivity contribution in [1.82, 2.24) is 5.32 Å². The minimum absolute atomic E-state index is 0.0825. The summed E-state index contributed by atoms with van der Waals surface area (Å²) >= 11 is 0. The Bertz CT molecular complexity index is 818. The Hall–Kier alpha value is -0.690. The van der Waals surface area contributed by atoms with Crippen LogP contribution in [-0.4, -0.2) is 62.8 Å². The van der Waals surface area contributed by atoms with Crippen molar-refractivity contribution in [2.75, 3.05) is 46.2 Å². The van der Waals surface area contributed by atoms with Gasteiger partial charge in [0.05, 0.1) is 31.8 Å². The van der Waals surface area contributed by atoms with E-state index in [1.807, 2.05) is 0 Å². The van der Waals surface area contributed by atoms with E-state index in [4.69, 9.17) is 14.2 Å². The van der Waals surface area contributed by atoms with Crippen molar-refractivity contribution in [3.8, 4) is 0 Å². The molecular weight excluding hydrogens is 827 g/mol. The van der Waals surface area contributed by atoms with E-state index in [0.717, 1.165) is 39.1 Å². The SMILES string of the molecule is CCCCCCCCCCCCCCCCCCOCC(COCCCCCCCCCCCCCCCCCC)(COCCCCCCCCCCCCCCCCCC)NCCC(=O)O. The van der Waals surface area contributed by atoms with E-state index >= 15 is 0 Å². The summed E-state index contributed by atoms with van der Waals surface area (Å²) in [7, 11) is 0. The van der Waals surface area contributed by atoms with Crippen LogP contribution >= 0.6 is 0 Å². The molecule has 6 heteroatoms. The second-order valence-corrected chi connectivity index (χ2v) is 21.4. The van der Waals surface area contributed by atoms with Crippen molar-refractivity contribution in [1.29, 1.82) is 0 Å². The Morgan fingerprint density at radius 2 is 0.493 bits per heavy atom. The first-order chi connectivity index (χ1) is 33.1. The predicted molar refractivity (Wildman–Crippen MR) is 294 cm³/mol. The van der Waals surface area contributed by atoms with Gasteiger partial charge in [0.2, 0.25) is 0 Å². The molecule has 0 amide bonds. The molecule has 402 valence electrons. The lowest BCUT2D eigenvalue weighted by atomic mass is 10.0. The maximum atomic E-state index is 11.6. The fourth-order valence-corrected chi connectivity index (χ4v) is 9.77. The van der Waals surface area contributed by atoms with Gasteiger partial charge in [0.1, 0.15) is 0 Å². The maximum absolute atomic E-state index is 11.6. The zero-order chi connectivity index (χ0) is 48.5. The average molecular weight is 951 g/mol. The van der Waals surface area contributed by atoms with Crippen LogP contribution in [0.4, 0.5) is 0 Å². The van der Waals surface area contributed by atoms with E-state index < -0.39 is 11.5 Å². The lowest BCUT2D eigenvalue weighted by Crippen LogP contribution is -2.57. The molecule has 2 N–H and O–H groups in total. The smallest absolute Gasteiger partial charge is 0.304 e. The zero-order valence-electron chi connectivity index (χ0n) is 46.2. The third-order valence-corrected chi connectivity index (χ3v) is 14.4. The second-order valence-electron chi connectivity index (χ2n) is 21.4. The van der Waals surface area contributed by atoms with E-state index in [1.54, 1.807) is 0 Å². The van der Waals surface area contributed by atoms with Gasteiger partial charge in [0, 0.05) is 26.4 Å². The van der Waals surface area contributed by atoms with Gasteiger partial charge in [-0.25, -0.2) is 0 Å². The van der Waals surface area contributed by atoms with Crippen molar-refractivity contribution in [3.63, 3.8) is 0 Å². The van der Waals surface area contributed by atoms with E-state index in [1.165, 1.54) is 289 Å². The molecule has 0 aromatic carbocycles. The number of aliphatic carboxylic acids is 1. The molecule has 0 unspecified atom stereocenters. The van der Waals surface area contributed by atoms with E-state index in [0.29, 0.717) is 26.4 Å². The van der Waals surface area contributed by atoms with Gasteiger partial charge in [-0.05, 0) is 19.3 Å². The summed E-state index contributed by atoms with van der Waals surface area (Å²) in [4.78, 5) is 11.6. The van der Waals surface area contributed by atoms with Gasteiger partial charge in [-0.2, -0.15) is 0 Å². The minimum atomic E-state index is -0.779. The van der Waals surface area contributed by atoms with Gasteiger partial charge in [0.15, 0.2) is 0 Å². The molecule has 67 heavy (non-hydrogen) atoms. The molecule has 6 nitrogen and oxygen atoms in total. The van der Waals surface area contributed by atoms with Gasteiger partial charge < -0.3 is 24.6 Å². The number of hydrogen-bond acceptors (Lipinski definition) is 5. The van der Waals surface area contributed by atoms with E-state index in [9.17, 15) is 9.90 Å². The molecule has 0 saturated heterocycles. The number of rotatable bonds is 61. The molecular formula is C61H123NO5. The van der Waals surface area contributed by atoms with Gasteiger partial charge in [-0.3, -0.25) is 4.79 Å². The molecule has 0 atom stereocenters. The van der Waals surface area contributed by atoms with Crippen LogP contribution in [0.1, 0.15) is 335 Å². The van der Waals surface area contributed by atoms with Crippen LogP contribution in [0.15, 0.2) is 0 Å². The molecule has 0 radical (unpaired) electrons. The van der Waals surface area contributed by atoms with Gasteiger partial charge in [-0.15, -0.1) is 0 Å². The number of carboxylic acid groups (broad SMARTS) is 1. The quantitative estimate of drug-likeness (QED) is 0.0592. The highest BCUT2D eigenvalue weighted by atomic mass is 16.5. The molecule has 0 spiro atoms. The van der Waals surface area contributed by atoms with Crippen LogP contribution in [0.3, 0.4) is 0 Å². The summed E-state index contributed by atoms with van der Waals surface area (Å²) in [6.07, 6.45) is 65.5. The van der Waals surface area contributed by atoms with Crippen molar-refractivity contribution in [2.45, 2.75) is 341 Å². The van der Waals surface area contributed by atoms with Crippen molar-refractivity contribution in [3.05, 3.63) is 0 Å². The summed E-state index contributed by atoms with van der Waals surface area (Å²) in [5, 5.41) is 13.1. The predicted octanol–water partition coefficient (Wildman–Crippen LogP) is 19.6. The number of unbranched alkanes of at least 4 members (excludes halogenated alkanes) is 45. The number of nitrogens with one attached hydrogen (secondary N) is 1. The Morgan fingerprint density at radius 1 is 0.313 bits per heavy atom. The first-order valence-corrected chi connectivity index (χ1v) is 30.8. The summed E-state index contributed by atoms with van der Waals surface area (Å²) in [6, 6.07) is 0. The molecule has 0 aliphatic rings. The van der Waals surface area contributed by atoms with Crippen LogP contribution < -0.4 is 5.32 Å². The van der Waals surface area contributed by atoms with Gasteiger partial charge in [-0.1, -0.05) is 310 Å². The third kappa shape index (κ3) is 54.5. The number of ether oxygens (including phenoxy) is 3. The fraction of sp³-hybridized carbons (Fsp3) is 0.984. The molecule has 0 fully saturated rings. The molecule has 0 heterocycles. The Morgan fingerprint density at radius 3 is 0.672 bits per heavy atom. The first kappa shape index (κ1) is 66.3. The van der Waals surface area contributed by atoms with Gasteiger partial charge >= 0.3 is 5.97 Å². The maximum Gasteiger partial charge on any atom is 0.304 e. The highest BCUT2D eigenvalue weighted by Crippen LogP contribution is 2.18. The van der Waals surface area contributed by atoms with Crippen molar-refractivity contribution >= 4 is 5.97 Å². The standard InChI is InChI=1S/C61H123NO5/c1-4-7-10-13-16-19-22-25-28-31-34-37-40-43-46-49-54-65-57-61(62-53-52-60(63)64,58-66-55-50-47-44-41-38-35-32-29-26-23-20-17-14-11-8-5-2)59-67-56-51-48-45-42-39-36-33-30-27-24-21-18-15-12-9-6-3/h62H,4-59H2,1-3H3,(H,63,64). The Balaban J connectivity index is 4.55. The Kier molecular flexibility index (Phi) is 57.3. The van der Waals surface area contributed by atoms with Crippen LogP contribution in [0.25, 0.3) is 0 Å². The van der Waals surface area contributed by atoms with E-state index in [2.05, 4.69) is 26.1 Å². The first-order valence-electron chi connectivity index (χ1n) is 30.8. The number of carbonyl (C=O) groups is 1. The topological polar surface area (TPSA) is 77.0 Å². The van der Waals surface area contributed by atoms with Crippen LogP contribution in [0, 0.1) is 0 Å². The Labute approximate surface area is 420 Å². The summed E-state index contributed by atoms with van der Waals surface area (Å²) in [6.45, 7) is 11.0. The third-order valence-electron chi connectivity index (χ3n) is 14.4. The fourth-order valence-electron chi connectivity index (χ4n) is 9.77. The lowest BCUT2D eigenvalue weighted by molar-refractivity contribution is -0.137. The van der Waals surface area contributed by atoms with Crippen LogP contribution in [0.2, 0.25) is 0 Å². The van der Waals surface area contributed by atoms with Crippen molar-refractivity contribution in [2.24, 2.45) is 0 Å². The summed E-state index contributed by atoms with van der Waals surface area (Å²) < 4.78 is 19.1. The molecule has 0 aromatic rings.